The maximum absolute atomic E-state index is 12.7. The Kier molecular flexibility index (Phi) is 4.75. The molecule has 0 spiro atoms. The van der Waals surface area contributed by atoms with Crippen molar-refractivity contribution in [1.82, 2.24) is 9.55 Å². The molecule has 0 fully saturated rings. The summed E-state index contributed by atoms with van der Waals surface area (Å²) >= 11 is 0. The van der Waals surface area contributed by atoms with Crippen molar-refractivity contribution in [2.45, 2.75) is 19.9 Å². The Hall–Kier alpha value is -3.21. The Labute approximate surface area is 144 Å². The van der Waals surface area contributed by atoms with E-state index in [1.807, 2.05) is 43.3 Å². The molecular weight excluding hydrogens is 316 g/mol. The summed E-state index contributed by atoms with van der Waals surface area (Å²) in [5, 5.41) is 9.44. The van der Waals surface area contributed by atoms with Crippen molar-refractivity contribution in [3.63, 3.8) is 0 Å². The number of fused-ring (bicyclic) bond motifs is 1. The molecule has 0 saturated carbocycles. The number of nitrogens with zero attached hydrogens (tertiary/aromatic N) is 2. The van der Waals surface area contributed by atoms with Crippen molar-refractivity contribution in [2.75, 3.05) is 0 Å². The molecule has 3 rings (SSSR count). The first-order valence-electron chi connectivity index (χ1n) is 8.01. The third-order valence-corrected chi connectivity index (χ3v) is 3.94. The van der Waals surface area contributed by atoms with Gasteiger partial charge in [0, 0.05) is 6.54 Å². The molecule has 0 unspecified atom stereocenters. The number of hydrogen-bond donors (Lipinski definition) is 1. The first kappa shape index (κ1) is 16.6. The molecule has 0 aliphatic rings. The highest BCUT2D eigenvalue weighted by molar-refractivity contribution is 5.79. The van der Waals surface area contributed by atoms with Gasteiger partial charge in [-0.15, -0.1) is 0 Å². The molecule has 0 aliphatic carbocycles. The van der Waals surface area contributed by atoms with Crippen molar-refractivity contribution in [2.24, 2.45) is 0 Å². The van der Waals surface area contributed by atoms with Crippen LogP contribution in [0.15, 0.2) is 53.3 Å². The molecule has 3 aromatic rings. The molecule has 25 heavy (non-hydrogen) atoms. The zero-order valence-electron chi connectivity index (χ0n) is 13.8. The Morgan fingerprint density at radius 2 is 1.84 bits per heavy atom. The summed E-state index contributed by atoms with van der Waals surface area (Å²) in [6.45, 7) is 2.10. The van der Waals surface area contributed by atoms with Crippen molar-refractivity contribution in [3.8, 4) is 0 Å². The summed E-state index contributed by atoms with van der Waals surface area (Å²) in [5.74, 6) is -0.501. The van der Waals surface area contributed by atoms with Crippen molar-refractivity contribution in [3.05, 3.63) is 75.8 Å². The quantitative estimate of drug-likeness (QED) is 0.776. The van der Waals surface area contributed by atoms with Gasteiger partial charge in [-0.3, -0.25) is 14.2 Å². The summed E-state index contributed by atoms with van der Waals surface area (Å²) in [5.41, 5.74) is 2.52. The fraction of sp³-hybridized carbons (Fsp3) is 0.150. The van der Waals surface area contributed by atoms with Gasteiger partial charge in [-0.25, -0.2) is 4.98 Å². The molecule has 0 amide bonds. The van der Waals surface area contributed by atoms with Gasteiger partial charge >= 0.3 is 5.97 Å². The first-order valence-corrected chi connectivity index (χ1v) is 8.01. The number of carboxylic acid groups (broad SMARTS) is 1. The molecule has 0 aliphatic heterocycles. The highest BCUT2D eigenvalue weighted by atomic mass is 16.4. The molecule has 1 N–H and O–H groups in total. The number of aliphatic carboxylic acids is 1. The third kappa shape index (κ3) is 3.83. The topological polar surface area (TPSA) is 72.2 Å². The largest absolute Gasteiger partial charge is 0.481 e. The van der Waals surface area contributed by atoms with Gasteiger partial charge in [-0.1, -0.05) is 48.0 Å². The van der Waals surface area contributed by atoms with E-state index in [-0.39, 0.29) is 18.5 Å². The summed E-state index contributed by atoms with van der Waals surface area (Å²) < 4.78 is 1.42. The number of carbonyl (C=O) groups is 1. The predicted octanol–water partition coefficient (Wildman–Crippen LogP) is 3.35. The number of rotatable bonds is 5. The number of para-hydroxylation sites is 1. The van der Waals surface area contributed by atoms with Crippen molar-refractivity contribution in [1.29, 1.82) is 0 Å². The first-order chi connectivity index (χ1) is 12.0. The molecule has 0 radical (unpaired) electrons. The van der Waals surface area contributed by atoms with E-state index in [0.717, 1.165) is 5.56 Å². The summed E-state index contributed by atoms with van der Waals surface area (Å²) in [4.78, 5) is 28.2. The average molecular weight is 334 g/mol. The zero-order chi connectivity index (χ0) is 17.8. The normalized spacial score (nSPS) is 11.2. The van der Waals surface area contributed by atoms with Crippen LogP contribution in [0.25, 0.3) is 23.1 Å². The molecule has 0 saturated heterocycles. The average Bonchev–Trinajstić information content (AvgIpc) is 2.60. The second-order valence-electron chi connectivity index (χ2n) is 5.83. The molecule has 0 bridgehead atoms. The van der Waals surface area contributed by atoms with Crippen LogP contribution in [0.1, 0.15) is 23.4 Å². The zero-order valence-corrected chi connectivity index (χ0v) is 13.8. The lowest BCUT2D eigenvalue weighted by molar-refractivity contribution is -0.137. The minimum absolute atomic E-state index is 0.0829. The van der Waals surface area contributed by atoms with Gasteiger partial charge in [0.15, 0.2) is 0 Å². The van der Waals surface area contributed by atoms with E-state index in [1.165, 1.54) is 10.1 Å². The lowest BCUT2D eigenvalue weighted by atomic mass is 10.1. The highest BCUT2D eigenvalue weighted by Crippen LogP contribution is 2.12. The number of aromatic nitrogens is 2. The predicted molar refractivity (Wildman–Crippen MR) is 98.4 cm³/mol. The van der Waals surface area contributed by atoms with Gasteiger partial charge < -0.3 is 5.11 Å². The van der Waals surface area contributed by atoms with E-state index in [4.69, 9.17) is 5.11 Å². The lowest BCUT2D eigenvalue weighted by Gasteiger charge is -2.10. The minimum Gasteiger partial charge on any atom is -0.481 e. The van der Waals surface area contributed by atoms with Crippen molar-refractivity contribution < 1.29 is 9.90 Å². The number of carboxylic acids is 1. The molecule has 0 atom stereocenters. The smallest absolute Gasteiger partial charge is 0.305 e. The van der Waals surface area contributed by atoms with E-state index in [9.17, 15) is 9.59 Å². The molecule has 1 aromatic heterocycles. The van der Waals surface area contributed by atoms with E-state index < -0.39 is 5.97 Å². The molecule has 126 valence electrons. The molecule has 5 nitrogen and oxygen atoms in total. The maximum atomic E-state index is 12.7. The second kappa shape index (κ2) is 7.13. The second-order valence-corrected chi connectivity index (χ2v) is 5.83. The van der Waals surface area contributed by atoms with Crippen LogP contribution in [-0.4, -0.2) is 20.6 Å². The van der Waals surface area contributed by atoms with Crippen LogP contribution < -0.4 is 5.56 Å². The Morgan fingerprint density at radius 1 is 1.12 bits per heavy atom. The fourth-order valence-corrected chi connectivity index (χ4v) is 2.58. The molecule has 1 heterocycles. The van der Waals surface area contributed by atoms with Gasteiger partial charge in [-0.05, 0) is 30.7 Å². The van der Waals surface area contributed by atoms with E-state index >= 15 is 0 Å². The van der Waals surface area contributed by atoms with Gasteiger partial charge in [0.05, 0.1) is 17.3 Å². The SMILES string of the molecule is Cc1ccc(C=Cc2nc3ccccc3c(=O)n2CCC(=O)O)cc1. The molecule has 5 heteroatoms. The van der Waals surface area contributed by atoms with Crippen LogP contribution in [0.5, 0.6) is 0 Å². The van der Waals surface area contributed by atoms with Crippen LogP contribution in [-0.2, 0) is 11.3 Å². The monoisotopic (exact) mass is 334 g/mol. The van der Waals surface area contributed by atoms with E-state index in [0.29, 0.717) is 16.7 Å². The highest BCUT2D eigenvalue weighted by Gasteiger charge is 2.10. The number of hydrogen-bond acceptors (Lipinski definition) is 3. The third-order valence-electron chi connectivity index (χ3n) is 3.94. The Balaban J connectivity index is 2.07. The summed E-state index contributed by atoms with van der Waals surface area (Å²) in [6.07, 6.45) is 3.49. The van der Waals surface area contributed by atoms with E-state index in [2.05, 4.69) is 4.98 Å². The minimum atomic E-state index is -0.950. The van der Waals surface area contributed by atoms with Crippen LogP contribution in [0.4, 0.5) is 0 Å². The van der Waals surface area contributed by atoms with Crippen LogP contribution in [0.3, 0.4) is 0 Å². The molecular formula is C20H18N2O3. The van der Waals surface area contributed by atoms with Gasteiger partial charge in [0.25, 0.3) is 5.56 Å². The van der Waals surface area contributed by atoms with Crippen molar-refractivity contribution >= 4 is 29.0 Å². The lowest BCUT2D eigenvalue weighted by Crippen LogP contribution is -2.25. The number of aryl methyl sites for hydroxylation is 1. The van der Waals surface area contributed by atoms with Gasteiger partial charge in [-0.2, -0.15) is 0 Å². The molecule has 2 aromatic carbocycles. The number of benzene rings is 2. The maximum Gasteiger partial charge on any atom is 0.305 e. The standard InChI is InChI=1S/C20H18N2O3/c1-14-6-8-15(9-7-14)10-11-18-21-17-5-3-2-4-16(17)20(25)22(18)13-12-19(23)24/h2-11H,12-13H2,1H3,(H,23,24). The summed E-state index contributed by atoms with van der Waals surface area (Å²) in [6, 6.07) is 15.0. The Morgan fingerprint density at radius 3 is 2.56 bits per heavy atom. The van der Waals surface area contributed by atoms with Crippen LogP contribution in [0, 0.1) is 6.92 Å². The summed E-state index contributed by atoms with van der Waals surface area (Å²) in [7, 11) is 0. The van der Waals surface area contributed by atoms with Crippen LogP contribution in [0.2, 0.25) is 0 Å². The van der Waals surface area contributed by atoms with Crippen LogP contribution >= 0.6 is 0 Å². The van der Waals surface area contributed by atoms with E-state index in [1.54, 1.807) is 24.3 Å². The Bertz CT molecular complexity index is 1000. The van der Waals surface area contributed by atoms with Gasteiger partial charge in [0.1, 0.15) is 5.82 Å². The van der Waals surface area contributed by atoms with Gasteiger partial charge in [0.2, 0.25) is 0 Å². The fourth-order valence-electron chi connectivity index (χ4n) is 2.58.